The van der Waals surface area contributed by atoms with Gasteiger partial charge < -0.3 is 14.6 Å². The third-order valence-corrected chi connectivity index (χ3v) is 8.93. The monoisotopic (exact) mass is 659 g/mol. The molecule has 0 spiro atoms. The topological polar surface area (TPSA) is 68.7 Å². The van der Waals surface area contributed by atoms with E-state index < -0.39 is 35.0 Å². The first kappa shape index (κ1) is 30.6. The smallest absolute Gasteiger partial charge is 0.427 e. The highest BCUT2D eigenvalue weighted by Crippen LogP contribution is 2.53. The molecule has 0 atom stereocenters. The second-order valence-electron chi connectivity index (χ2n) is 9.77. The Morgan fingerprint density at radius 2 is 1.76 bits per heavy atom. The molecular formula is C29H20Cl3F4NO4S. The second-order valence-corrected chi connectivity index (χ2v) is 11.8. The van der Waals surface area contributed by atoms with E-state index >= 15 is 0 Å². The van der Waals surface area contributed by atoms with E-state index in [-0.39, 0.29) is 73.5 Å². The highest BCUT2D eigenvalue weighted by molar-refractivity contribution is 7.06. The van der Waals surface area contributed by atoms with Crippen molar-refractivity contribution >= 4 is 52.3 Å². The predicted molar refractivity (Wildman–Crippen MR) is 152 cm³/mol. The number of hydrogen-bond donors (Lipinski definition) is 1. The second kappa shape index (κ2) is 11.7. The van der Waals surface area contributed by atoms with E-state index in [4.69, 9.17) is 39.5 Å². The van der Waals surface area contributed by atoms with Crippen LogP contribution in [0.15, 0.2) is 54.6 Å². The number of aromatic nitrogens is 1. The summed E-state index contributed by atoms with van der Waals surface area (Å²) in [5, 5.41) is 11.6. The molecule has 3 aromatic carbocycles. The van der Waals surface area contributed by atoms with Crippen LogP contribution in [-0.4, -0.2) is 22.6 Å². The number of benzene rings is 3. The van der Waals surface area contributed by atoms with Crippen LogP contribution in [0.5, 0.6) is 5.75 Å². The van der Waals surface area contributed by atoms with Crippen LogP contribution in [0.4, 0.5) is 17.6 Å². The van der Waals surface area contributed by atoms with Crippen LogP contribution in [0, 0.1) is 5.82 Å². The molecule has 5 rings (SSSR count). The molecule has 0 amide bonds. The van der Waals surface area contributed by atoms with Gasteiger partial charge in [-0.3, -0.25) is 0 Å². The Morgan fingerprint density at radius 1 is 1.07 bits per heavy atom. The van der Waals surface area contributed by atoms with Crippen LogP contribution < -0.4 is 4.74 Å². The van der Waals surface area contributed by atoms with E-state index in [1.807, 2.05) is 0 Å². The average molecular weight is 661 g/mol. The fourth-order valence-corrected chi connectivity index (χ4v) is 6.68. The van der Waals surface area contributed by atoms with Gasteiger partial charge in [0.25, 0.3) is 0 Å². The Bertz CT molecular complexity index is 1650. The maximum atomic E-state index is 14.1. The summed E-state index contributed by atoms with van der Waals surface area (Å²) < 4.78 is 69.9. The van der Waals surface area contributed by atoms with Crippen LogP contribution in [0.3, 0.4) is 0 Å². The molecule has 1 heterocycles. The van der Waals surface area contributed by atoms with Crippen molar-refractivity contribution in [3.8, 4) is 17.0 Å². The number of alkyl halides is 3. The van der Waals surface area contributed by atoms with Crippen molar-refractivity contribution in [3.05, 3.63) is 103 Å². The first-order valence-electron chi connectivity index (χ1n) is 12.3. The number of carbonyl (C=O) groups excluding carboxylic acids is 1. The summed E-state index contributed by atoms with van der Waals surface area (Å²) in [5.74, 6) is -1.36. The molecule has 42 heavy (non-hydrogen) atoms. The van der Waals surface area contributed by atoms with Crippen molar-refractivity contribution in [1.82, 2.24) is 4.37 Å². The molecule has 1 saturated carbocycles. The lowest BCUT2D eigenvalue weighted by Gasteiger charge is -2.44. The van der Waals surface area contributed by atoms with E-state index in [0.717, 1.165) is 6.07 Å². The summed E-state index contributed by atoms with van der Waals surface area (Å²) in [4.78, 5) is 10.9. The Kier molecular flexibility index (Phi) is 8.48. The number of nitrogens with zero attached hydrogens (tertiary/aromatic N) is 1. The van der Waals surface area contributed by atoms with Gasteiger partial charge in [-0.1, -0.05) is 46.9 Å². The molecule has 5 nitrogen and oxygen atoms in total. The Morgan fingerprint density at radius 3 is 2.38 bits per heavy atom. The number of methoxy groups -OCH3 is 1. The van der Waals surface area contributed by atoms with Crippen LogP contribution in [-0.2, 0) is 23.1 Å². The van der Waals surface area contributed by atoms with Crippen molar-refractivity contribution in [3.63, 3.8) is 0 Å². The van der Waals surface area contributed by atoms with Crippen molar-refractivity contribution < 1.29 is 36.9 Å². The summed E-state index contributed by atoms with van der Waals surface area (Å²) in [7, 11) is 1.20. The summed E-state index contributed by atoms with van der Waals surface area (Å²) >= 11 is 19.2. The molecule has 0 bridgehead atoms. The predicted octanol–water partition coefficient (Wildman–Crippen LogP) is 9.06. The van der Waals surface area contributed by atoms with Gasteiger partial charge in [-0.15, -0.1) is 0 Å². The van der Waals surface area contributed by atoms with E-state index in [1.165, 1.54) is 49.6 Å². The number of aliphatic hydroxyl groups is 1. The van der Waals surface area contributed by atoms with Crippen LogP contribution in [0.1, 0.15) is 50.7 Å². The highest BCUT2D eigenvalue weighted by atomic mass is 35.5. The van der Waals surface area contributed by atoms with Gasteiger partial charge in [0.1, 0.15) is 23.1 Å². The molecule has 0 aliphatic heterocycles. The Labute approximate surface area is 256 Å². The minimum Gasteiger partial charge on any atom is -0.489 e. The molecule has 1 aliphatic carbocycles. The van der Waals surface area contributed by atoms with Crippen LogP contribution >= 0.6 is 46.3 Å². The number of hydrogen-bond acceptors (Lipinski definition) is 6. The summed E-state index contributed by atoms with van der Waals surface area (Å²) in [6.45, 7) is -0.508. The van der Waals surface area contributed by atoms with E-state index in [0.29, 0.717) is 11.1 Å². The summed E-state index contributed by atoms with van der Waals surface area (Å²) in [6, 6.07) is 12.9. The van der Waals surface area contributed by atoms with Gasteiger partial charge in [-0.05, 0) is 78.3 Å². The molecule has 13 heteroatoms. The van der Waals surface area contributed by atoms with Crippen molar-refractivity contribution in [1.29, 1.82) is 0 Å². The van der Waals surface area contributed by atoms with Gasteiger partial charge in [0.15, 0.2) is 0 Å². The Balaban J connectivity index is 1.35. The first-order valence-corrected chi connectivity index (χ1v) is 14.3. The highest BCUT2D eigenvalue weighted by Gasteiger charge is 2.46. The lowest BCUT2D eigenvalue weighted by Crippen LogP contribution is -2.40. The zero-order chi connectivity index (χ0) is 30.4. The molecule has 1 aliphatic rings. The number of ether oxygens (including phenoxy) is 2. The molecule has 1 N–H and O–H groups in total. The average Bonchev–Trinajstić information content (AvgIpc) is 3.33. The molecule has 0 unspecified atom stereocenters. The van der Waals surface area contributed by atoms with E-state index in [1.54, 1.807) is 6.07 Å². The fraction of sp³-hybridized carbons (Fsp3) is 0.241. The maximum Gasteiger partial charge on any atom is 0.427 e. The maximum absolute atomic E-state index is 14.1. The van der Waals surface area contributed by atoms with Gasteiger partial charge in [0.05, 0.1) is 39.0 Å². The minimum absolute atomic E-state index is 0.0341. The van der Waals surface area contributed by atoms with Crippen LogP contribution in [0.2, 0.25) is 15.1 Å². The van der Waals surface area contributed by atoms with Crippen LogP contribution in [0.25, 0.3) is 11.3 Å². The third-order valence-electron chi connectivity index (χ3n) is 7.05. The summed E-state index contributed by atoms with van der Waals surface area (Å²) in [6.07, 6.45) is -4.28. The van der Waals surface area contributed by atoms with E-state index in [2.05, 4.69) is 9.11 Å². The zero-order valence-corrected chi connectivity index (χ0v) is 24.7. The van der Waals surface area contributed by atoms with E-state index in [9.17, 15) is 27.5 Å². The first-order chi connectivity index (χ1) is 19.8. The minimum atomic E-state index is -4.69. The number of carbonyl (C=O) groups is 1. The number of esters is 1. The standard InChI is InChI=1S/C29H20Cl3F4NO4S/c1-40-27(38)15-7-14(8-17(33)9-15)16-11-28(39,12-16)20-6-5-18(10-23(20)32)41-13-19-25(37-42-26(19)29(34,35)36)24-21(30)3-2-4-22(24)31/h2-10,16,39H,11-13H2,1H3. The molecule has 0 radical (unpaired) electrons. The van der Waals surface area contributed by atoms with Gasteiger partial charge in [0, 0.05) is 16.7 Å². The van der Waals surface area contributed by atoms with Gasteiger partial charge in [0.2, 0.25) is 0 Å². The zero-order valence-electron chi connectivity index (χ0n) is 21.6. The number of rotatable bonds is 7. The largest absolute Gasteiger partial charge is 0.489 e. The quantitative estimate of drug-likeness (QED) is 0.158. The SMILES string of the molecule is COC(=O)c1cc(F)cc(C2CC(O)(c3ccc(OCc4c(-c5c(Cl)cccc5Cl)nsc4C(F)(F)F)cc3Cl)C2)c1. The van der Waals surface area contributed by atoms with Crippen molar-refractivity contribution in [2.24, 2.45) is 0 Å². The van der Waals surface area contributed by atoms with Gasteiger partial charge in [-0.2, -0.15) is 17.5 Å². The van der Waals surface area contributed by atoms with Crippen molar-refractivity contribution in [2.45, 2.75) is 37.1 Å². The molecular weight excluding hydrogens is 641 g/mol. The van der Waals surface area contributed by atoms with Gasteiger partial charge in [-0.25, -0.2) is 9.18 Å². The van der Waals surface area contributed by atoms with Gasteiger partial charge >= 0.3 is 12.1 Å². The number of halogens is 7. The molecule has 1 aromatic heterocycles. The van der Waals surface area contributed by atoms with Crippen molar-refractivity contribution in [2.75, 3.05) is 7.11 Å². The summed E-state index contributed by atoms with van der Waals surface area (Å²) in [5.41, 5.74) is -0.454. The molecule has 220 valence electrons. The normalized spacial score (nSPS) is 18.5. The molecule has 4 aromatic rings. The lowest BCUT2D eigenvalue weighted by atomic mass is 9.65. The Hall–Kier alpha value is -2.89. The molecule has 1 fully saturated rings. The third kappa shape index (κ3) is 5.96. The fourth-order valence-electron chi connectivity index (χ4n) is 5.00. The molecule has 0 saturated heterocycles. The lowest BCUT2D eigenvalue weighted by molar-refractivity contribution is -0.135.